The van der Waals surface area contributed by atoms with Gasteiger partial charge in [0.15, 0.2) is 6.61 Å². The van der Waals surface area contributed by atoms with Crippen LogP contribution in [-0.4, -0.2) is 48.9 Å². The van der Waals surface area contributed by atoms with Crippen molar-refractivity contribution in [2.45, 2.75) is 25.8 Å². The molecule has 0 aliphatic carbocycles. The van der Waals surface area contributed by atoms with E-state index >= 15 is 0 Å². The van der Waals surface area contributed by atoms with Gasteiger partial charge < -0.3 is 24.3 Å². The van der Waals surface area contributed by atoms with Crippen LogP contribution in [0.5, 0.6) is 5.75 Å². The fourth-order valence-corrected chi connectivity index (χ4v) is 3.79. The molecule has 2 aliphatic heterocycles. The predicted molar refractivity (Wildman–Crippen MR) is 109 cm³/mol. The van der Waals surface area contributed by atoms with E-state index in [1.54, 1.807) is 47.6 Å². The zero-order chi connectivity index (χ0) is 20.9. The van der Waals surface area contributed by atoms with Crippen molar-refractivity contribution in [3.05, 3.63) is 48.4 Å². The zero-order valence-electron chi connectivity index (χ0n) is 16.7. The van der Waals surface area contributed by atoms with Crippen molar-refractivity contribution >= 4 is 23.4 Å². The maximum atomic E-state index is 12.4. The molecule has 8 heteroatoms. The summed E-state index contributed by atoms with van der Waals surface area (Å²) in [6.45, 7) is 2.25. The van der Waals surface area contributed by atoms with Crippen LogP contribution >= 0.6 is 0 Å². The van der Waals surface area contributed by atoms with Gasteiger partial charge in [-0.15, -0.1) is 0 Å². The lowest BCUT2D eigenvalue weighted by atomic mass is 10.1. The van der Waals surface area contributed by atoms with Gasteiger partial charge in [-0.3, -0.25) is 14.4 Å². The molecular formula is C22H25N3O5. The van der Waals surface area contributed by atoms with Gasteiger partial charge in [0.05, 0.1) is 18.7 Å². The highest BCUT2D eigenvalue weighted by Gasteiger charge is 2.35. The number of amides is 3. The standard InChI is InChI=1S/C22H25N3O5/c26-20-12-16(22(28)23-13-19-4-3-11-29-19)14-25(20)17-5-7-18(8-6-17)30-15-21(27)24-9-1-2-10-24/h3-8,11,16H,1-2,9-10,12-15H2,(H,23,28). The first-order chi connectivity index (χ1) is 14.6. The monoisotopic (exact) mass is 411 g/mol. The van der Waals surface area contributed by atoms with E-state index in [2.05, 4.69) is 5.32 Å². The second-order valence-electron chi connectivity index (χ2n) is 7.57. The first-order valence-electron chi connectivity index (χ1n) is 10.2. The number of ether oxygens (including phenoxy) is 1. The van der Waals surface area contributed by atoms with E-state index in [0.717, 1.165) is 25.9 Å². The largest absolute Gasteiger partial charge is 0.484 e. The summed E-state index contributed by atoms with van der Waals surface area (Å²) in [5.74, 6) is 0.582. The van der Waals surface area contributed by atoms with E-state index in [4.69, 9.17) is 9.15 Å². The molecule has 0 radical (unpaired) electrons. The number of carbonyl (C=O) groups excluding carboxylic acids is 3. The van der Waals surface area contributed by atoms with Crippen LogP contribution in [0.25, 0.3) is 0 Å². The highest BCUT2D eigenvalue weighted by molar-refractivity contribution is 6.00. The molecule has 4 rings (SSSR count). The molecule has 3 heterocycles. The Bertz CT molecular complexity index is 888. The Morgan fingerprint density at radius 3 is 2.60 bits per heavy atom. The second-order valence-corrected chi connectivity index (χ2v) is 7.57. The van der Waals surface area contributed by atoms with Crippen LogP contribution in [0.3, 0.4) is 0 Å². The number of carbonyl (C=O) groups is 3. The topological polar surface area (TPSA) is 92.1 Å². The first kappa shape index (κ1) is 20.0. The van der Waals surface area contributed by atoms with E-state index in [1.165, 1.54) is 0 Å². The van der Waals surface area contributed by atoms with Crippen LogP contribution in [-0.2, 0) is 20.9 Å². The fraction of sp³-hybridized carbons (Fsp3) is 0.409. The quantitative estimate of drug-likeness (QED) is 0.752. The Hall–Kier alpha value is -3.29. The van der Waals surface area contributed by atoms with Crippen molar-refractivity contribution in [2.75, 3.05) is 31.1 Å². The third kappa shape index (κ3) is 4.64. The number of hydrogen-bond donors (Lipinski definition) is 1. The summed E-state index contributed by atoms with van der Waals surface area (Å²) >= 11 is 0. The minimum atomic E-state index is -0.401. The molecule has 2 saturated heterocycles. The molecule has 158 valence electrons. The molecule has 0 saturated carbocycles. The second kappa shape index (κ2) is 9.02. The Morgan fingerprint density at radius 1 is 1.13 bits per heavy atom. The smallest absolute Gasteiger partial charge is 0.260 e. The molecule has 1 aromatic carbocycles. The van der Waals surface area contributed by atoms with Gasteiger partial charge in [-0.2, -0.15) is 0 Å². The normalized spacial score (nSPS) is 18.7. The summed E-state index contributed by atoms with van der Waals surface area (Å²) in [5.41, 5.74) is 0.708. The lowest BCUT2D eigenvalue weighted by Crippen LogP contribution is -2.32. The van der Waals surface area contributed by atoms with Crippen molar-refractivity contribution < 1.29 is 23.5 Å². The van der Waals surface area contributed by atoms with Crippen LogP contribution in [0, 0.1) is 5.92 Å². The third-order valence-corrected chi connectivity index (χ3v) is 5.48. The van der Waals surface area contributed by atoms with E-state index < -0.39 is 5.92 Å². The highest BCUT2D eigenvalue weighted by atomic mass is 16.5. The molecule has 1 unspecified atom stereocenters. The number of rotatable bonds is 7. The maximum Gasteiger partial charge on any atom is 0.260 e. The van der Waals surface area contributed by atoms with Crippen molar-refractivity contribution in [3.8, 4) is 5.75 Å². The molecular weight excluding hydrogens is 386 g/mol. The number of hydrogen-bond acceptors (Lipinski definition) is 5. The molecule has 0 bridgehead atoms. The number of nitrogens with one attached hydrogen (secondary N) is 1. The van der Waals surface area contributed by atoms with Crippen LogP contribution in [0.4, 0.5) is 5.69 Å². The number of benzene rings is 1. The van der Waals surface area contributed by atoms with Crippen LogP contribution < -0.4 is 15.0 Å². The molecule has 30 heavy (non-hydrogen) atoms. The van der Waals surface area contributed by atoms with Crippen molar-refractivity contribution in [3.63, 3.8) is 0 Å². The summed E-state index contributed by atoms with van der Waals surface area (Å²) in [4.78, 5) is 40.3. The number of nitrogens with zero attached hydrogens (tertiary/aromatic N) is 2. The van der Waals surface area contributed by atoms with E-state index in [-0.39, 0.29) is 30.7 Å². The minimum Gasteiger partial charge on any atom is -0.484 e. The van der Waals surface area contributed by atoms with E-state index in [0.29, 0.717) is 30.3 Å². The van der Waals surface area contributed by atoms with Crippen LogP contribution in [0.1, 0.15) is 25.0 Å². The van der Waals surface area contributed by atoms with Gasteiger partial charge in [0.1, 0.15) is 11.5 Å². The molecule has 1 aromatic heterocycles. The SMILES string of the molecule is O=C(NCc1ccco1)C1CC(=O)N(c2ccc(OCC(=O)N3CCCC3)cc2)C1. The summed E-state index contributed by atoms with van der Waals surface area (Å²) in [6, 6.07) is 10.6. The number of furan rings is 1. The molecule has 0 spiro atoms. The molecule has 2 aromatic rings. The highest BCUT2D eigenvalue weighted by Crippen LogP contribution is 2.27. The zero-order valence-corrected chi connectivity index (χ0v) is 16.7. The summed E-state index contributed by atoms with van der Waals surface area (Å²) in [7, 11) is 0. The average Bonchev–Trinajstić information content (AvgIpc) is 3.52. The van der Waals surface area contributed by atoms with Crippen LogP contribution in [0.15, 0.2) is 47.1 Å². The van der Waals surface area contributed by atoms with Crippen LogP contribution in [0.2, 0.25) is 0 Å². The Balaban J connectivity index is 1.28. The van der Waals surface area contributed by atoms with Crippen molar-refractivity contribution in [1.29, 1.82) is 0 Å². The van der Waals surface area contributed by atoms with Gasteiger partial charge in [-0.25, -0.2) is 0 Å². The molecule has 2 fully saturated rings. The molecule has 1 atom stereocenters. The third-order valence-electron chi connectivity index (χ3n) is 5.48. The first-order valence-corrected chi connectivity index (χ1v) is 10.2. The predicted octanol–water partition coefficient (Wildman–Crippen LogP) is 1.95. The van der Waals surface area contributed by atoms with Gasteiger partial charge in [0.2, 0.25) is 11.8 Å². The Morgan fingerprint density at radius 2 is 1.90 bits per heavy atom. The molecule has 1 N–H and O–H groups in total. The lowest BCUT2D eigenvalue weighted by molar-refractivity contribution is -0.132. The molecule has 8 nitrogen and oxygen atoms in total. The summed E-state index contributed by atoms with van der Waals surface area (Å²) in [5, 5.41) is 2.81. The fourth-order valence-electron chi connectivity index (χ4n) is 3.79. The van der Waals surface area contributed by atoms with E-state index in [9.17, 15) is 14.4 Å². The summed E-state index contributed by atoms with van der Waals surface area (Å²) < 4.78 is 10.8. The van der Waals surface area contributed by atoms with E-state index in [1.807, 2.05) is 4.90 Å². The van der Waals surface area contributed by atoms with Gasteiger partial charge in [-0.05, 0) is 49.2 Å². The lowest BCUT2D eigenvalue weighted by Gasteiger charge is -2.18. The van der Waals surface area contributed by atoms with Crippen molar-refractivity contribution in [2.24, 2.45) is 5.92 Å². The average molecular weight is 411 g/mol. The van der Waals surface area contributed by atoms with Gasteiger partial charge in [0.25, 0.3) is 5.91 Å². The molecule has 2 aliphatic rings. The number of likely N-dealkylation sites (tertiary alicyclic amines) is 1. The van der Waals surface area contributed by atoms with Gasteiger partial charge in [-0.1, -0.05) is 0 Å². The Kier molecular flexibility index (Phi) is 6.02. The maximum absolute atomic E-state index is 12.4. The molecule has 3 amide bonds. The minimum absolute atomic E-state index is 0.00491. The van der Waals surface area contributed by atoms with Crippen molar-refractivity contribution in [1.82, 2.24) is 10.2 Å². The Labute approximate surface area is 174 Å². The van der Waals surface area contributed by atoms with Gasteiger partial charge >= 0.3 is 0 Å². The summed E-state index contributed by atoms with van der Waals surface area (Å²) in [6.07, 6.45) is 3.82. The number of anilines is 1. The van der Waals surface area contributed by atoms with Gasteiger partial charge in [0, 0.05) is 31.7 Å².